The molecule has 1 aliphatic heterocycles. The molecule has 0 radical (unpaired) electrons. The average molecular weight is 385 g/mol. The maximum atomic E-state index is 14.1. The van der Waals surface area contributed by atoms with Crippen molar-refractivity contribution in [2.75, 3.05) is 13.7 Å². The molecule has 7 nitrogen and oxygen atoms in total. The molecule has 4 rings (SSSR count). The van der Waals surface area contributed by atoms with E-state index < -0.39 is 17.7 Å². The summed E-state index contributed by atoms with van der Waals surface area (Å²) in [5, 5.41) is 0. The van der Waals surface area contributed by atoms with Crippen molar-refractivity contribution in [1.29, 1.82) is 0 Å². The number of benzene rings is 1. The molecule has 144 valence electrons. The minimum atomic E-state index is -0.671. The van der Waals surface area contributed by atoms with Crippen LogP contribution in [-0.2, 0) is 4.84 Å². The molecule has 1 atom stereocenters. The number of imidazole rings is 1. The van der Waals surface area contributed by atoms with Gasteiger partial charge in [0, 0.05) is 17.8 Å². The van der Waals surface area contributed by atoms with Crippen LogP contribution >= 0.6 is 0 Å². The molecule has 9 heteroatoms. The van der Waals surface area contributed by atoms with Crippen molar-refractivity contribution < 1.29 is 18.4 Å². The van der Waals surface area contributed by atoms with E-state index in [0.29, 0.717) is 23.1 Å². The van der Waals surface area contributed by atoms with Crippen LogP contribution in [0.1, 0.15) is 23.0 Å². The normalized spacial score (nSPS) is 16.4. The summed E-state index contributed by atoms with van der Waals surface area (Å²) in [5.41, 5.74) is 4.98. The summed E-state index contributed by atoms with van der Waals surface area (Å²) in [7, 11) is 1.52. The van der Waals surface area contributed by atoms with Gasteiger partial charge in [-0.25, -0.2) is 24.2 Å². The summed E-state index contributed by atoms with van der Waals surface area (Å²) in [6.45, 7) is 1.99. The van der Waals surface area contributed by atoms with E-state index in [1.165, 1.54) is 19.2 Å². The molecule has 3 aromatic rings. The van der Waals surface area contributed by atoms with Gasteiger partial charge in [0.05, 0.1) is 19.1 Å². The van der Waals surface area contributed by atoms with Gasteiger partial charge in [-0.15, -0.1) is 0 Å². The second kappa shape index (κ2) is 7.35. The second-order valence-electron chi connectivity index (χ2n) is 6.22. The number of nitrogens with one attached hydrogen (secondary N) is 1. The highest BCUT2D eigenvalue weighted by Gasteiger charge is 2.23. The van der Waals surface area contributed by atoms with Gasteiger partial charge in [0.15, 0.2) is 5.84 Å². The van der Waals surface area contributed by atoms with Crippen molar-refractivity contribution in [2.45, 2.75) is 13.0 Å². The molecule has 1 unspecified atom stereocenters. The van der Waals surface area contributed by atoms with Crippen molar-refractivity contribution in [1.82, 2.24) is 20.0 Å². The zero-order valence-electron chi connectivity index (χ0n) is 15.2. The Balaban J connectivity index is 1.68. The number of methoxy groups -OCH3 is 1. The highest BCUT2D eigenvalue weighted by molar-refractivity contribution is 5.97. The van der Waals surface area contributed by atoms with E-state index in [4.69, 9.17) is 9.57 Å². The minimum absolute atomic E-state index is 0.107. The van der Waals surface area contributed by atoms with Gasteiger partial charge >= 0.3 is 0 Å². The second-order valence-corrected chi connectivity index (χ2v) is 6.22. The molecule has 28 heavy (non-hydrogen) atoms. The standard InChI is InChI=1S/C19H17F2N5O2/c1-11-8-26(10-22-11)17-6-5-15(24-19(17)27-2)18-23-16(9-28-25-18)13-4-3-12(20)7-14(13)21/h3-8,10,16H,9H2,1-2H3,(H,23,25). The molecule has 3 heterocycles. The van der Waals surface area contributed by atoms with Crippen molar-refractivity contribution in [3.8, 4) is 11.6 Å². The predicted octanol–water partition coefficient (Wildman–Crippen LogP) is 2.89. The topological polar surface area (TPSA) is 73.6 Å². The lowest BCUT2D eigenvalue weighted by molar-refractivity contribution is 0.0613. The summed E-state index contributed by atoms with van der Waals surface area (Å²) in [6.07, 6.45) is 3.52. The Morgan fingerprint density at radius 1 is 1.25 bits per heavy atom. The number of halogens is 2. The third-order valence-electron chi connectivity index (χ3n) is 4.28. The molecule has 1 aliphatic rings. The molecular weight excluding hydrogens is 368 g/mol. The van der Waals surface area contributed by atoms with Gasteiger partial charge in [-0.1, -0.05) is 6.07 Å². The van der Waals surface area contributed by atoms with Crippen LogP contribution in [0.4, 0.5) is 8.78 Å². The monoisotopic (exact) mass is 385 g/mol. The molecule has 1 aromatic carbocycles. The number of nitrogens with zero attached hydrogens (tertiary/aromatic N) is 4. The molecule has 1 N–H and O–H groups in total. The first-order valence-corrected chi connectivity index (χ1v) is 8.52. The number of aryl methyl sites for hydroxylation is 1. The number of rotatable bonds is 4. The van der Waals surface area contributed by atoms with Gasteiger partial charge in [-0.05, 0) is 25.1 Å². The van der Waals surface area contributed by atoms with Gasteiger partial charge in [0.25, 0.3) is 0 Å². The van der Waals surface area contributed by atoms with E-state index >= 15 is 0 Å². The van der Waals surface area contributed by atoms with Gasteiger partial charge < -0.3 is 9.30 Å². The fraction of sp³-hybridized carbons (Fsp3) is 0.211. The number of hydrogen-bond donors (Lipinski definition) is 1. The lowest BCUT2D eigenvalue weighted by atomic mass is 10.1. The van der Waals surface area contributed by atoms with Crippen LogP contribution in [0, 0.1) is 18.6 Å². The molecule has 0 saturated carbocycles. The lowest BCUT2D eigenvalue weighted by Crippen LogP contribution is -2.33. The SMILES string of the molecule is COc1nc(C2=NC(c3ccc(F)cc3F)CON2)ccc1-n1cnc(C)c1. The zero-order chi connectivity index (χ0) is 19.7. The smallest absolute Gasteiger partial charge is 0.238 e. The molecular formula is C19H17F2N5O2. The first kappa shape index (κ1) is 18.1. The number of hydrogen-bond acceptors (Lipinski definition) is 6. The number of aliphatic imine (C=N–C) groups is 1. The highest BCUT2D eigenvalue weighted by atomic mass is 19.1. The Morgan fingerprint density at radius 3 is 2.82 bits per heavy atom. The maximum absolute atomic E-state index is 14.1. The third-order valence-corrected chi connectivity index (χ3v) is 4.28. The molecule has 0 aliphatic carbocycles. The molecule has 0 saturated heterocycles. The predicted molar refractivity (Wildman–Crippen MR) is 97.4 cm³/mol. The Kier molecular flexibility index (Phi) is 4.74. The number of pyridine rings is 1. The van der Waals surface area contributed by atoms with Crippen LogP contribution < -0.4 is 10.2 Å². The molecule has 2 aromatic heterocycles. The summed E-state index contributed by atoms with van der Waals surface area (Å²) < 4.78 is 34.5. The van der Waals surface area contributed by atoms with Crippen molar-refractivity contribution in [3.63, 3.8) is 0 Å². The zero-order valence-corrected chi connectivity index (χ0v) is 15.2. The van der Waals surface area contributed by atoms with E-state index in [1.807, 2.05) is 19.2 Å². The first-order valence-electron chi connectivity index (χ1n) is 8.52. The average Bonchev–Trinajstić information content (AvgIpc) is 3.13. The van der Waals surface area contributed by atoms with Crippen molar-refractivity contribution in [3.05, 3.63) is 71.4 Å². The van der Waals surface area contributed by atoms with Crippen LogP contribution in [0.25, 0.3) is 5.69 Å². The Labute approximate surface area is 159 Å². The van der Waals surface area contributed by atoms with Crippen molar-refractivity contribution >= 4 is 5.84 Å². The largest absolute Gasteiger partial charge is 0.479 e. The molecule has 0 amide bonds. The summed E-state index contributed by atoms with van der Waals surface area (Å²) in [6, 6.07) is 6.32. The summed E-state index contributed by atoms with van der Waals surface area (Å²) in [5.74, 6) is -0.617. The number of hydroxylamine groups is 1. The Bertz CT molecular complexity index is 1050. The van der Waals surface area contributed by atoms with E-state index in [1.54, 1.807) is 17.0 Å². The minimum Gasteiger partial charge on any atom is -0.479 e. The highest BCUT2D eigenvalue weighted by Crippen LogP contribution is 2.26. The molecule has 0 fully saturated rings. The summed E-state index contributed by atoms with van der Waals surface area (Å²) >= 11 is 0. The lowest BCUT2D eigenvalue weighted by Gasteiger charge is -2.22. The van der Waals surface area contributed by atoms with E-state index in [-0.39, 0.29) is 12.2 Å². The Morgan fingerprint density at radius 2 is 2.11 bits per heavy atom. The van der Waals surface area contributed by atoms with E-state index in [0.717, 1.165) is 11.8 Å². The summed E-state index contributed by atoms with van der Waals surface area (Å²) in [4.78, 5) is 18.5. The Hall–Kier alpha value is -3.33. The van der Waals surface area contributed by atoms with Crippen LogP contribution in [0.15, 0.2) is 47.8 Å². The fourth-order valence-electron chi connectivity index (χ4n) is 2.92. The number of amidine groups is 1. The van der Waals surface area contributed by atoms with Crippen LogP contribution in [0.3, 0.4) is 0 Å². The maximum Gasteiger partial charge on any atom is 0.238 e. The quantitative estimate of drug-likeness (QED) is 0.748. The van der Waals surface area contributed by atoms with Crippen LogP contribution in [-0.4, -0.2) is 34.1 Å². The van der Waals surface area contributed by atoms with E-state index in [9.17, 15) is 8.78 Å². The van der Waals surface area contributed by atoms with Crippen LogP contribution in [0.5, 0.6) is 5.88 Å². The third kappa shape index (κ3) is 3.44. The number of aromatic nitrogens is 3. The van der Waals surface area contributed by atoms with Gasteiger partial charge in [-0.3, -0.25) is 9.83 Å². The van der Waals surface area contributed by atoms with Crippen LogP contribution in [0.2, 0.25) is 0 Å². The first-order chi connectivity index (χ1) is 13.5. The van der Waals surface area contributed by atoms with Gasteiger partial charge in [0.2, 0.25) is 5.88 Å². The molecule has 0 bridgehead atoms. The molecule has 0 spiro atoms. The van der Waals surface area contributed by atoms with Gasteiger partial charge in [-0.2, -0.15) is 0 Å². The van der Waals surface area contributed by atoms with E-state index in [2.05, 4.69) is 20.4 Å². The van der Waals surface area contributed by atoms with Gasteiger partial charge in [0.1, 0.15) is 35.7 Å². The number of ether oxygens (including phenoxy) is 1. The van der Waals surface area contributed by atoms with Crippen molar-refractivity contribution in [2.24, 2.45) is 4.99 Å². The fourth-order valence-corrected chi connectivity index (χ4v) is 2.92.